The lowest BCUT2D eigenvalue weighted by atomic mass is 9.65. The fraction of sp³-hybridized carbons (Fsp3) is 0.231. The van der Waals surface area contributed by atoms with Gasteiger partial charge in [0.1, 0.15) is 17.8 Å². The molecule has 1 saturated carbocycles. The Morgan fingerprint density at radius 2 is 1.50 bits per heavy atom. The minimum atomic E-state index is -0.489. The first kappa shape index (κ1) is 19.9. The zero-order chi connectivity index (χ0) is 21.0. The van der Waals surface area contributed by atoms with Crippen molar-refractivity contribution in [2.45, 2.75) is 37.5 Å². The maximum atomic E-state index is 12.4. The van der Waals surface area contributed by atoms with E-state index >= 15 is 0 Å². The van der Waals surface area contributed by atoms with Crippen LogP contribution in [0.15, 0.2) is 72.8 Å². The SMILES string of the molecule is O=Cc1cccc(C(=O)Oc2ccc(C3(c4ccc(O)cc4)CCCCC3)cc2)c1. The Morgan fingerprint density at radius 3 is 2.13 bits per heavy atom. The molecular formula is C26H24O4. The van der Waals surface area contributed by atoms with Gasteiger partial charge >= 0.3 is 5.97 Å². The minimum Gasteiger partial charge on any atom is -0.508 e. The van der Waals surface area contributed by atoms with Gasteiger partial charge in [-0.2, -0.15) is 0 Å². The zero-order valence-corrected chi connectivity index (χ0v) is 16.7. The van der Waals surface area contributed by atoms with E-state index in [0.29, 0.717) is 23.2 Å². The summed E-state index contributed by atoms with van der Waals surface area (Å²) in [5, 5.41) is 9.69. The van der Waals surface area contributed by atoms with Crippen LogP contribution in [0.5, 0.6) is 11.5 Å². The Bertz CT molecular complexity index is 1030. The normalized spacial score (nSPS) is 15.3. The molecule has 1 aliphatic rings. The van der Waals surface area contributed by atoms with Gasteiger partial charge in [-0.15, -0.1) is 0 Å². The second kappa shape index (κ2) is 8.54. The molecule has 1 N–H and O–H groups in total. The van der Waals surface area contributed by atoms with Gasteiger partial charge in [-0.05, 0) is 60.4 Å². The van der Waals surface area contributed by atoms with Gasteiger partial charge in [0, 0.05) is 11.0 Å². The molecule has 1 aliphatic carbocycles. The van der Waals surface area contributed by atoms with Crippen LogP contribution in [-0.2, 0) is 5.41 Å². The fourth-order valence-corrected chi connectivity index (χ4v) is 4.43. The Kier molecular flexibility index (Phi) is 5.66. The molecular weight excluding hydrogens is 376 g/mol. The third-order valence-electron chi connectivity index (χ3n) is 6.00. The van der Waals surface area contributed by atoms with Crippen molar-refractivity contribution in [2.75, 3.05) is 0 Å². The van der Waals surface area contributed by atoms with Crippen molar-refractivity contribution in [2.24, 2.45) is 0 Å². The number of rotatable bonds is 5. The molecule has 4 heteroatoms. The molecule has 4 rings (SSSR count). The number of aromatic hydroxyl groups is 1. The number of phenolic OH excluding ortho intramolecular Hbond substituents is 1. The number of esters is 1. The smallest absolute Gasteiger partial charge is 0.343 e. The Morgan fingerprint density at radius 1 is 0.867 bits per heavy atom. The highest BCUT2D eigenvalue weighted by Crippen LogP contribution is 2.45. The standard InChI is InChI=1S/C26H24O4/c27-18-19-5-4-6-20(17-19)25(29)30-24-13-9-22(10-14-24)26(15-2-1-3-16-26)21-7-11-23(28)12-8-21/h4-14,17-18,28H,1-3,15-16H2. The van der Waals surface area contributed by atoms with Gasteiger partial charge in [-0.1, -0.05) is 55.7 Å². The zero-order valence-electron chi connectivity index (χ0n) is 16.7. The summed E-state index contributed by atoms with van der Waals surface area (Å²) in [6.45, 7) is 0. The van der Waals surface area contributed by atoms with Crippen LogP contribution in [-0.4, -0.2) is 17.4 Å². The third kappa shape index (κ3) is 3.99. The van der Waals surface area contributed by atoms with E-state index in [0.717, 1.165) is 25.7 Å². The molecule has 3 aromatic carbocycles. The van der Waals surface area contributed by atoms with Crippen molar-refractivity contribution >= 4 is 12.3 Å². The molecule has 0 aliphatic heterocycles. The van der Waals surface area contributed by atoms with Gasteiger partial charge in [-0.25, -0.2) is 4.79 Å². The lowest BCUT2D eigenvalue weighted by molar-refractivity contribution is 0.0734. The fourth-order valence-electron chi connectivity index (χ4n) is 4.43. The quantitative estimate of drug-likeness (QED) is 0.340. The monoisotopic (exact) mass is 400 g/mol. The van der Waals surface area contributed by atoms with E-state index in [1.54, 1.807) is 30.3 Å². The number of hydrogen-bond acceptors (Lipinski definition) is 4. The number of carbonyl (C=O) groups excluding carboxylic acids is 2. The van der Waals surface area contributed by atoms with Gasteiger partial charge in [0.25, 0.3) is 0 Å². The number of hydrogen-bond donors (Lipinski definition) is 1. The van der Waals surface area contributed by atoms with Gasteiger partial charge in [0.2, 0.25) is 0 Å². The molecule has 0 unspecified atom stereocenters. The summed E-state index contributed by atoms with van der Waals surface area (Å²) >= 11 is 0. The predicted molar refractivity (Wildman–Crippen MR) is 115 cm³/mol. The van der Waals surface area contributed by atoms with Crippen molar-refractivity contribution in [3.8, 4) is 11.5 Å². The van der Waals surface area contributed by atoms with E-state index < -0.39 is 5.97 Å². The van der Waals surface area contributed by atoms with Gasteiger partial charge in [-0.3, -0.25) is 4.79 Å². The lowest BCUT2D eigenvalue weighted by Crippen LogP contribution is -2.30. The molecule has 0 saturated heterocycles. The van der Waals surface area contributed by atoms with Crippen molar-refractivity contribution < 1.29 is 19.4 Å². The molecule has 4 nitrogen and oxygen atoms in total. The molecule has 30 heavy (non-hydrogen) atoms. The Balaban J connectivity index is 1.58. The van der Waals surface area contributed by atoms with Crippen LogP contribution in [0.1, 0.15) is 63.9 Å². The Hall–Kier alpha value is -3.40. The summed E-state index contributed by atoms with van der Waals surface area (Å²) in [6, 6.07) is 21.7. The van der Waals surface area contributed by atoms with Crippen LogP contribution in [0.3, 0.4) is 0 Å². The van der Waals surface area contributed by atoms with Gasteiger partial charge in [0.05, 0.1) is 5.56 Å². The highest BCUT2D eigenvalue weighted by molar-refractivity contribution is 5.93. The number of ether oxygens (including phenoxy) is 1. The van der Waals surface area contributed by atoms with Crippen LogP contribution in [0.25, 0.3) is 0 Å². The molecule has 0 bridgehead atoms. The largest absolute Gasteiger partial charge is 0.508 e. The van der Waals surface area contributed by atoms with Crippen LogP contribution >= 0.6 is 0 Å². The van der Waals surface area contributed by atoms with E-state index in [2.05, 4.69) is 0 Å². The third-order valence-corrected chi connectivity index (χ3v) is 6.00. The number of aldehydes is 1. The molecule has 0 radical (unpaired) electrons. The second-order valence-corrected chi connectivity index (χ2v) is 7.85. The molecule has 0 heterocycles. The van der Waals surface area contributed by atoms with E-state index in [9.17, 15) is 14.7 Å². The average molecular weight is 400 g/mol. The number of benzene rings is 3. The molecule has 0 amide bonds. The maximum Gasteiger partial charge on any atom is 0.343 e. The van der Waals surface area contributed by atoms with Crippen molar-refractivity contribution in [3.63, 3.8) is 0 Å². The molecule has 0 spiro atoms. The molecule has 1 fully saturated rings. The van der Waals surface area contributed by atoms with Crippen molar-refractivity contribution in [1.29, 1.82) is 0 Å². The highest BCUT2D eigenvalue weighted by atomic mass is 16.5. The average Bonchev–Trinajstić information content (AvgIpc) is 2.80. The topological polar surface area (TPSA) is 63.6 Å². The van der Waals surface area contributed by atoms with E-state index in [1.807, 2.05) is 36.4 Å². The first-order chi connectivity index (χ1) is 14.6. The van der Waals surface area contributed by atoms with Crippen LogP contribution in [0.2, 0.25) is 0 Å². The predicted octanol–water partition coefficient (Wildman–Crippen LogP) is 5.67. The molecule has 152 valence electrons. The van der Waals surface area contributed by atoms with E-state index in [1.165, 1.54) is 23.6 Å². The summed E-state index contributed by atoms with van der Waals surface area (Å²) in [5.41, 5.74) is 3.09. The van der Waals surface area contributed by atoms with Gasteiger partial charge < -0.3 is 9.84 Å². The van der Waals surface area contributed by atoms with Crippen molar-refractivity contribution in [3.05, 3.63) is 95.1 Å². The van der Waals surface area contributed by atoms with Crippen molar-refractivity contribution in [1.82, 2.24) is 0 Å². The summed E-state index contributed by atoms with van der Waals surface area (Å²) in [5.74, 6) is 0.250. The molecule has 0 atom stereocenters. The maximum absolute atomic E-state index is 12.4. The number of carbonyl (C=O) groups is 2. The molecule has 3 aromatic rings. The van der Waals surface area contributed by atoms with Crippen LogP contribution < -0.4 is 4.74 Å². The lowest BCUT2D eigenvalue weighted by Gasteiger charge is -2.38. The first-order valence-electron chi connectivity index (χ1n) is 10.3. The Labute approximate surface area is 176 Å². The summed E-state index contributed by atoms with van der Waals surface area (Å²) in [6.07, 6.45) is 6.36. The number of phenols is 1. The van der Waals surface area contributed by atoms with Gasteiger partial charge in [0.15, 0.2) is 0 Å². The van der Waals surface area contributed by atoms with Crippen LogP contribution in [0, 0.1) is 0 Å². The second-order valence-electron chi connectivity index (χ2n) is 7.85. The molecule has 0 aromatic heterocycles. The highest BCUT2D eigenvalue weighted by Gasteiger charge is 2.35. The van der Waals surface area contributed by atoms with E-state index in [-0.39, 0.29) is 11.2 Å². The minimum absolute atomic E-state index is 0.0905. The van der Waals surface area contributed by atoms with Crippen LogP contribution in [0.4, 0.5) is 0 Å². The summed E-state index contributed by atoms with van der Waals surface area (Å²) in [7, 11) is 0. The summed E-state index contributed by atoms with van der Waals surface area (Å²) < 4.78 is 5.51. The summed E-state index contributed by atoms with van der Waals surface area (Å²) in [4.78, 5) is 23.4. The van der Waals surface area contributed by atoms with E-state index in [4.69, 9.17) is 4.74 Å². The first-order valence-corrected chi connectivity index (χ1v) is 10.3.